The molecule has 300 valence electrons. The lowest BCUT2D eigenvalue weighted by atomic mass is 10.1. The predicted octanol–water partition coefficient (Wildman–Crippen LogP) is -5.00. The normalized spacial score (nSPS) is 11.4. The molecule has 0 aromatic heterocycles. The van der Waals surface area contributed by atoms with E-state index in [1.165, 1.54) is 9.80 Å². The van der Waals surface area contributed by atoms with Gasteiger partial charge >= 0.3 is 47.8 Å². The molecule has 0 atom stereocenters. The van der Waals surface area contributed by atoms with Gasteiger partial charge in [0.1, 0.15) is 0 Å². The summed E-state index contributed by atoms with van der Waals surface area (Å²) in [6, 6.07) is 0. The molecule has 53 heavy (non-hydrogen) atoms. The molecule has 0 spiro atoms. The summed E-state index contributed by atoms with van der Waals surface area (Å²) in [4.78, 5) is 123. The van der Waals surface area contributed by atoms with Crippen LogP contribution >= 0.6 is 0 Å². The van der Waals surface area contributed by atoms with E-state index in [2.05, 4.69) is 0 Å². The lowest BCUT2D eigenvalue weighted by Crippen LogP contribution is -2.46. The van der Waals surface area contributed by atoms with E-state index in [0.717, 1.165) is 19.6 Å². The second-order valence-electron chi connectivity index (χ2n) is 11.8. The first-order chi connectivity index (χ1) is 24.6. The standard InChI is InChI=1S/C29H46N6O18/c36-20(10-30(1-5-32(12-22(38)39)13-23(40)41)2-6-33(14-24(42)43)15-25(44)45)9-21(37)11-31(3-7-34(16-26(46)47)17-27(48)49)4-8-35(18-28(50)51)19-29(52)53/h1-19H2,(H,38,39)(H,40,41)(H,42,43)(H,44,45)(H,46,47)(H,48,49)(H,50,51)(H,52,53). The maximum absolute atomic E-state index is 13.1. The van der Waals surface area contributed by atoms with Crippen molar-refractivity contribution in [1.82, 2.24) is 29.4 Å². The topological polar surface area (TPSA) is 352 Å². The van der Waals surface area contributed by atoms with Crippen LogP contribution in [0.3, 0.4) is 0 Å². The highest BCUT2D eigenvalue weighted by molar-refractivity contribution is 6.00. The van der Waals surface area contributed by atoms with Gasteiger partial charge < -0.3 is 40.9 Å². The van der Waals surface area contributed by atoms with Crippen molar-refractivity contribution in [3.05, 3.63) is 0 Å². The molecule has 0 heterocycles. The SMILES string of the molecule is O=C(O)CN(CCN(CCN(CC(=O)O)CC(=O)O)CC(=O)CC(=O)CN(CCN(CC(=O)O)CC(=O)O)CCN(CC(=O)O)CC(=O)O)CC(=O)O. The summed E-state index contributed by atoms with van der Waals surface area (Å²) in [6.45, 7) is -7.93. The average molecular weight is 767 g/mol. The van der Waals surface area contributed by atoms with E-state index in [-0.39, 0.29) is 52.4 Å². The zero-order valence-corrected chi connectivity index (χ0v) is 28.8. The minimum atomic E-state index is -1.35. The first-order valence-electron chi connectivity index (χ1n) is 15.8. The summed E-state index contributed by atoms with van der Waals surface area (Å²) in [5.41, 5.74) is 0. The van der Waals surface area contributed by atoms with Crippen molar-refractivity contribution in [1.29, 1.82) is 0 Å². The maximum Gasteiger partial charge on any atom is 0.317 e. The Hall–Kier alpha value is -5.14. The second-order valence-corrected chi connectivity index (χ2v) is 11.8. The zero-order chi connectivity index (χ0) is 40.7. The molecule has 0 aliphatic carbocycles. The molecular formula is C29H46N6O18. The Balaban J connectivity index is 5.99. The number of carboxylic acid groups (broad SMARTS) is 8. The summed E-state index contributed by atoms with van der Waals surface area (Å²) >= 11 is 0. The lowest BCUT2D eigenvalue weighted by Gasteiger charge is -2.28. The summed E-state index contributed by atoms with van der Waals surface area (Å²) in [6.07, 6.45) is -0.725. The summed E-state index contributed by atoms with van der Waals surface area (Å²) in [5, 5.41) is 73.1. The van der Waals surface area contributed by atoms with Gasteiger partial charge in [0, 0.05) is 52.4 Å². The van der Waals surface area contributed by atoms with Crippen molar-refractivity contribution in [2.45, 2.75) is 6.42 Å². The molecule has 0 aliphatic heterocycles. The van der Waals surface area contributed by atoms with Crippen molar-refractivity contribution in [2.75, 3.05) is 118 Å². The molecule has 24 nitrogen and oxygen atoms in total. The highest BCUT2D eigenvalue weighted by Gasteiger charge is 2.23. The molecule has 0 fully saturated rings. The number of carbonyl (C=O) groups excluding carboxylic acids is 2. The molecule has 0 saturated heterocycles. The van der Waals surface area contributed by atoms with Gasteiger partial charge in [0.25, 0.3) is 0 Å². The fraction of sp³-hybridized carbons (Fsp3) is 0.655. The molecule has 0 unspecified atom stereocenters. The number of rotatable bonds is 34. The Morgan fingerprint density at radius 2 is 0.396 bits per heavy atom. The van der Waals surface area contributed by atoms with Crippen molar-refractivity contribution in [3.63, 3.8) is 0 Å². The van der Waals surface area contributed by atoms with E-state index in [1.807, 2.05) is 0 Å². The van der Waals surface area contributed by atoms with Gasteiger partial charge in [-0.3, -0.25) is 77.3 Å². The summed E-state index contributed by atoms with van der Waals surface area (Å²) in [7, 11) is 0. The van der Waals surface area contributed by atoms with Crippen molar-refractivity contribution in [2.24, 2.45) is 0 Å². The van der Waals surface area contributed by atoms with Gasteiger partial charge in [-0.1, -0.05) is 0 Å². The Bertz CT molecular complexity index is 1070. The van der Waals surface area contributed by atoms with Crippen molar-refractivity contribution in [3.8, 4) is 0 Å². The van der Waals surface area contributed by atoms with Gasteiger partial charge in [-0.05, 0) is 0 Å². The maximum atomic E-state index is 13.1. The molecule has 24 heteroatoms. The van der Waals surface area contributed by atoms with Crippen LogP contribution in [0.2, 0.25) is 0 Å². The van der Waals surface area contributed by atoms with Crippen LogP contribution in [0.4, 0.5) is 0 Å². The van der Waals surface area contributed by atoms with Crippen LogP contribution in [0.25, 0.3) is 0 Å². The van der Waals surface area contributed by atoms with E-state index < -0.39 is 131 Å². The monoisotopic (exact) mass is 766 g/mol. The molecular weight excluding hydrogens is 720 g/mol. The van der Waals surface area contributed by atoms with E-state index in [9.17, 15) is 47.9 Å². The van der Waals surface area contributed by atoms with E-state index >= 15 is 0 Å². The number of nitrogens with zero attached hydrogens (tertiary/aromatic N) is 6. The third-order valence-corrected chi connectivity index (χ3v) is 7.00. The highest BCUT2D eigenvalue weighted by Crippen LogP contribution is 2.03. The number of hydrogen-bond donors (Lipinski definition) is 8. The smallest absolute Gasteiger partial charge is 0.317 e. The number of hydrogen-bond acceptors (Lipinski definition) is 16. The van der Waals surface area contributed by atoms with Crippen LogP contribution in [-0.4, -0.2) is 247 Å². The molecule has 0 aliphatic rings. The quantitative estimate of drug-likeness (QED) is 0.0284. The summed E-state index contributed by atoms with van der Waals surface area (Å²) < 4.78 is 0. The Morgan fingerprint density at radius 1 is 0.245 bits per heavy atom. The minimum Gasteiger partial charge on any atom is -0.480 e. The molecule has 0 saturated carbocycles. The molecule has 0 bridgehead atoms. The fourth-order valence-corrected chi connectivity index (χ4v) is 4.89. The zero-order valence-electron chi connectivity index (χ0n) is 28.8. The largest absolute Gasteiger partial charge is 0.480 e. The van der Waals surface area contributed by atoms with Crippen molar-refractivity contribution < 1.29 is 88.8 Å². The molecule has 8 N–H and O–H groups in total. The molecule has 0 aromatic carbocycles. The van der Waals surface area contributed by atoms with E-state index in [1.54, 1.807) is 0 Å². The molecule has 0 amide bonds. The van der Waals surface area contributed by atoms with Gasteiger partial charge in [-0.2, -0.15) is 0 Å². The Labute approximate surface area is 301 Å². The number of aliphatic carboxylic acids is 8. The number of carbonyl (C=O) groups is 10. The van der Waals surface area contributed by atoms with Crippen LogP contribution in [0, 0.1) is 0 Å². The summed E-state index contributed by atoms with van der Waals surface area (Å²) in [5.74, 6) is -12.2. The lowest BCUT2D eigenvalue weighted by molar-refractivity contribution is -0.144. The van der Waals surface area contributed by atoms with Gasteiger partial charge in [0.05, 0.1) is 71.9 Å². The van der Waals surface area contributed by atoms with Crippen LogP contribution in [-0.2, 0) is 47.9 Å². The Kier molecular flexibility index (Phi) is 23.3. The third kappa shape index (κ3) is 27.2. The number of carboxylic acids is 8. The van der Waals surface area contributed by atoms with Crippen molar-refractivity contribution >= 4 is 59.3 Å². The van der Waals surface area contributed by atoms with E-state index in [0.29, 0.717) is 0 Å². The van der Waals surface area contributed by atoms with Gasteiger partial charge in [-0.25, -0.2) is 0 Å². The van der Waals surface area contributed by atoms with Crippen LogP contribution in [0.1, 0.15) is 6.42 Å². The molecule has 0 rings (SSSR count). The van der Waals surface area contributed by atoms with Gasteiger partial charge in [0.2, 0.25) is 0 Å². The van der Waals surface area contributed by atoms with Crippen LogP contribution in [0.5, 0.6) is 0 Å². The second kappa shape index (κ2) is 25.8. The van der Waals surface area contributed by atoms with Crippen LogP contribution in [0.15, 0.2) is 0 Å². The number of ketones is 2. The molecule has 0 radical (unpaired) electrons. The average Bonchev–Trinajstić information content (AvgIpc) is 2.96. The Morgan fingerprint density at radius 3 is 0.547 bits per heavy atom. The highest BCUT2D eigenvalue weighted by atomic mass is 16.4. The van der Waals surface area contributed by atoms with Gasteiger partial charge in [-0.15, -0.1) is 0 Å². The first-order valence-corrected chi connectivity index (χ1v) is 15.8. The van der Waals surface area contributed by atoms with Gasteiger partial charge in [0.15, 0.2) is 11.6 Å². The van der Waals surface area contributed by atoms with Crippen LogP contribution < -0.4 is 0 Å². The van der Waals surface area contributed by atoms with E-state index in [4.69, 9.17) is 40.9 Å². The predicted molar refractivity (Wildman–Crippen MR) is 174 cm³/mol. The third-order valence-electron chi connectivity index (χ3n) is 7.00. The fourth-order valence-electron chi connectivity index (χ4n) is 4.89. The minimum absolute atomic E-state index is 0.160. The first kappa shape index (κ1) is 47.9. The number of Topliss-reactive ketones (excluding diaryl/α,β-unsaturated/α-hetero) is 2. The molecule has 0 aromatic rings.